The van der Waals surface area contributed by atoms with Gasteiger partial charge in [0.2, 0.25) is 0 Å². The first-order valence-corrected chi connectivity index (χ1v) is 6.56. The van der Waals surface area contributed by atoms with Gasteiger partial charge in [0.05, 0.1) is 6.54 Å². The zero-order valence-electron chi connectivity index (χ0n) is 11.9. The SMILES string of the molecule is Cc1nc2c(N(C)C)ncnc2n1Cc1ccccc1. The molecule has 0 saturated carbocycles. The van der Waals surface area contributed by atoms with E-state index < -0.39 is 0 Å². The molecule has 0 unspecified atom stereocenters. The lowest BCUT2D eigenvalue weighted by Gasteiger charge is -2.11. The van der Waals surface area contributed by atoms with E-state index in [-0.39, 0.29) is 0 Å². The second-order valence-corrected chi connectivity index (χ2v) is 4.99. The van der Waals surface area contributed by atoms with Crippen LogP contribution in [0.3, 0.4) is 0 Å². The standard InChI is InChI=1S/C15H17N5/c1-11-18-13-14(19(2)3)16-10-17-15(13)20(11)9-12-7-5-4-6-8-12/h4-8,10H,9H2,1-3H3. The van der Waals surface area contributed by atoms with E-state index in [1.54, 1.807) is 6.33 Å². The smallest absolute Gasteiger partial charge is 0.165 e. The van der Waals surface area contributed by atoms with E-state index >= 15 is 0 Å². The van der Waals surface area contributed by atoms with Gasteiger partial charge in [-0.15, -0.1) is 0 Å². The fraction of sp³-hybridized carbons (Fsp3) is 0.267. The van der Waals surface area contributed by atoms with Gasteiger partial charge in [-0.25, -0.2) is 15.0 Å². The number of imidazole rings is 1. The average Bonchev–Trinajstić information content (AvgIpc) is 2.76. The molecule has 5 heteroatoms. The van der Waals surface area contributed by atoms with Crippen LogP contribution in [0.4, 0.5) is 5.82 Å². The number of hydrogen-bond acceptors (Lipinski definition) is 4. The monoisotopic (exact) mass is 267 g/mol. The second-order valence-electron chi connectivity index (χ2n) is 4.99. The maximum absolute atomic E-state index is 4.63. The van der Waals surface area contributed by atoms with E-state index in [4.69, 9.17) is 0 Å². The molecule has 1 aromatic carbocycles. The minimum Gasteiger partial charge on any atom is -0.361 e. The molecule has 0 aliphatic heterocycles. The summed E-state index contributed by atoms with van der Waals surface area (Å²) in [6.07, 6.45) is 1.60. The van der Waals surface area contributed by atoms with Crippen LogP contribution in [0.2, 0.25) is 0 Å². The third kappa shape index (κ3) is 2.11. The molecule has 3 rings (SSSR count). The first kappa shape index (κ1) is 12.6. The second kappa shape index (κ2) is 4.92. The van der Waals surface area contributed by atoms with Crippen LogP contribution >= 0.6 is 0 Å². The summed E-state index contributed by atoms with van der Waals surface area (Å²) < 4.78 is 2.12. The normalized spacial score (nSPS) is 10.9. The minimum absolute atomic E-state index is 0.771. The summed E-state index contributed by atoms with van der Waals surface area (Å²) in [5.74, 6) is 1.80. The number of anilines is 1. The van der Waals surface area contributed by atoms with Crippen molar-refractivity contribution in [3.05, 3.63) is 48.0 Å². The lowest BCUT2D eigenvalue weighted by molar-refractivity contribution is 0.777. The quantitative estimate of drug-likeness (QED) is 0.730. The third-order valence-corrected chi connectivity index (χ3v) is 3.31. The van der Waals surface area contributed by atoms with Gasteiger partial charge in [0.25, 0.3) is 0 Å². The van der Waals surface area contributed by atoms with Gasteiger partial charge >= 0.3 is 0 Å². The molecule has 0 aliphatic carbocycles. The molecule has 0 radical (unpaired) electrons. The Morgan fingerprint density at radius 3 is 2.55 bits per heavy atom. The van der Waals surface area contributed by atoms with Crippen LogP contribution in [0, 0.1) is 6.92 Å². The molecule has 0 saturated heterocycles. The minimum atomic E-state index is 0.771. The molecule has 0 amide bonds. The Balaban J connectivity index is 2.12. The van der Waals surface area contributed by atoms with Gasteiger partial charge in [0, 0.05) is 14.1 Å². The summed E-state index contributed by atoms with van der Waals surface area (Å²) in [5.41, 5.74) is 2.97. The highest BCUT2D eigenvalue weighted by Crippen LogP contribution is 2.22. The van der Waals surface area contributed by atoms with E-state index in [9.17, 15) is 0 Å². The number of aryl methyl sites for hydroxylation is 1. The predicted octanol–water partition coefficient (Wildman–Crippen LogP) is 2.25. The largest absolute Gasteiger partial charge is 0.361 e. The van der Waals surface area contributed by atoms with E-state index in [0.717, 1.165) is 29.4 Å². The van der Waals surface area contributed by atoms with Gasteiger partial charge in [0.15, 0.2) is 17.0 Å². The summed E-state index contributed by atoms with van der Waals surface area (Å²) in [5, 5.41) is 0. The Morgan fingerprint density at radius 1 is 1.10 bits per heavy atom. The van der Waals surface area contributed by atoms with Gasteiger partial charge in [-0.05, 0) is 12.5 Å². The molecule has 0 N–H and O–H groups in total. The summed E-state index contributed by atoms with van der Waals surface area (Å²) in [6, 6.07) is 10.3. The fourth-order valence-electron chi connectivity index (χ4n) is 2.32. The summed E-state index contributed by atoms with van der Waals surface area (Å²) >= 11 is 0. The molecule has 0 atom stereocenters. The Hall–Kier alpha value is -2.43. The van der Waals surface area contributed by atoms with Crippen molar-refractivity contribution in [2.45, 2.75) is 13.5 Å². The number of fused-ring (bicyclic) bond motifs is 1. The molecule has 3 aromatic rings. The lowest BCUT2D eigenvalue weighted by Crippen LogP contribution is -2.11. The van der Waals surface area contributed by atoms with Gasteiger partial charge in [-0.3, -0.25) is 0 Å². The van der Waals surface area contributed by atoms with Gasteiger partial charge < -0.3 is 9.47 Å². The van der Waals surface area contributed by atoms with E-state index in [2.05, 4.69) is 31.7 Å². The van der Waals surface area contributed by atoms with Gasteiger partial charge in [-0.1, -0.05) is 30.3 Å². The Kier molecular flexibility index (Phi) is 3.10. The molecule has 5 nitrogen and oxygen atoms in total. The number of benzene rings is 1. The Morgan fingerprint density at radius 2 is 1.85 bits per heavy atom. The van der Waals surface area contributed by atoms with Crippen molar-refractivity contribution in [1.29, 1.82) is 0 Å². The highest BCUT2D eigenvalue weighted by Gasteiger charge is 2.14. The molecule has 0 fully saturated rings. The summed E-state index contributed by atoms with van der Waals surface area (Å²) in [7, 11) is 3.93. The van der Waals surface area contributed by atoms with Crippen LogP contribution < -0.4 is 4.90 Å². The van der Waals surface area contributed by atoms with E-state index in [0.29, 0.717) is 0 Å². The maximum atomic E-state index is 4.63. The molecule has 2 heterocycles. The van der Waals surface area contributed by atoms with Crippen molar-refractivity contribution >= 4 is 17.0 Å². The van der Waals surface area contributed by atoms with Crippen LogP contribution in [0.5, 0.6) is 0 Å². The van der Waals surface area contributed by atoms with Gasteiger partial charge in [-0.2, -0.15) is 0 Å². The average molecular weight is 267 g/mol. The molecule has 20 heavy (non-hydrogen) atoms. The molecular formula is C15H17N5. The summed E-state index contributed by atoms with van der Waals surface area (Å²) in [4.78, 5) is 15.3. The molecular weight excluding hydrogens is 250 g/mol. The first-order valence-electron chi connectivity index (χ1n) is 6.56. The third-order valence-electron chi connectivity index (χ3n) is 3.31. The van der Waals surface area contributed by atoms with E-state index in [1.807, 2.05) is 44.1 Å². The molecule has 0 bridgehead atoms. The highest BCUT2D eigenvalue weighted by atomic mass is 15.2. The lowest BCUT2D eigenvalue weighted by atomic mass is 10.2. The number of rotatable bonds is 3. The zero-order chi connectivity index (χ0) is 14.1. The molecule has 0 aliphatic rings. The molecule has 102 valence electrons. The number of hydrogen-bond donors (Lipinski definition) is 0. The number of aromatic nitrogens is 4. The summed E-state index contributed by atoms with van der Waals surface area (Å²) in [6.45, 7) is 2.77. The highest BCUT2D eigenvalue weighted by molar-refractivity contribution is 5.83. The van der Waals surface area contributed by atoms with Crippen LogP contribution in [0.15, 0.2) is 36.7 Å². The number of nitrogens with zero attached hydrogens (tertiary/aromatic N) is 5. The molecule has 2 aromatic heterocycles. The van der Waals surface area contributed by atoms with Crippen molar-refractivity contribution in [3.63, 3.8) is 0 Å². The topological polar surface area (TPSA) is 46.8 Å². The van der Waals surface area contributed by atoms with Crippen LogP contribution in [0.25, 0.3) is 11.2 Å². The van der Waals surface area contributed by atoms with Crippen molar-refractivity contribution in [2.24, 2.45) is 0 Å². The van der Waals surface area contributed by atoms with Crippen LogP contribution in [-0.2, 0) is 6.54 Å². The van der Waals surface area contributed by atoms with Crippen molar-refractivity contribution in [1.82, 2.24) is 19.5 Å². The molecule has 0 spiro atoms. The Bertz CT molecular complexity index is 731. The van der Waals surface area contributed by atoms with Crippen LogP contribution in [-0.4, -0.2) is 33.6 Å². The first-order chi connectivity index (χ1) is 9.66. The van der Waals surface area contributed by atoms with Crippen molar-refractivity contribution in [3.8, 4) is 0 Å². The van der Waals surface area contributed by atoms with Crippen molar-refractivity contribution < 1.29 is 0 Å². The van der Waals surface area contributed by atoms with E-state index in [1.165, 1.54) is 5.56 Å². The Labute approximate surface area is 117 Å². The predicted molar refractivity (Wildman–Crippen MR) is 79.9 cm³/mol. The fourth-order valence-corrected chi connectivity index (χ4v) is 2.32. The van der Waals surface area contributed by atoms with Crippen molar-refractivity contribution in [2.75, 3.05) is 19.0 Å². The zero-order valence-corrected chi connectivity index (χ0v) is 11.9. The maximum Gasteiger partial charge on any atom is 0.165 e. The van der Waals surface area contributed by atoms with Gasteiger partial charge in [0.1, 0.15) is 12.2 Å². The van der Waals surface area contributed by atoms with Crippen LogP contribution in [0.1, 0.15) is 11.4 Å².